The van der Waals surface area contributed by atoms with Gasteiger partial charge in [0.2, 0.25) is 5.91 Å². The molecule has 1 aliphatic carbocycles. The van der Waals surface area contributed by atoms with Gasteiger partial charge < -0.3 is 15.1 Å². The molecule has 0 spiro atoms. The molecule has 1 aliphatic heterocycles. The first-order valence-corrected chi connectivity index (χ1v) is 10.2. The van der Waals surface area contributed by atoms with Gasteiger partial charge in [0.1, 0.15) is 29.1 Å². The minimum atomic E-state index is 0.00900. The number of nitrogens with zero attached hydrogens (tertiary/aromatic N) is 5. The van der Waals surface area contributed by atoms with E-state index in [9.17, 15) is 9.59 Å². The maximum absolute atomic E-state index is 12.8. The number of hydrogen-bond donors (Lipinski definition) is 1. The second-order valence-corrected chi connectivity index (χ2v) is 7.62. The number of piperazine rings is 1. The van der Waals surface area contributed by atoms with Gasteiger partial charge in [0.25, 0.3) is 0 Å². The fraction of sp³-hybridized carbons (Fsp3) is 0.476. The molecule has 2 aromatic rings. The molecule has 1 N–H and O–H groups in total. The Morgan fingerprint density at radius 1 is 1.07 bits per heavy atom. The SMILES string of the molecule is Cc1nc(Nc2ccccn2)cc(N2CCN(C(=O)C3CCC(=O)CC3)CC2)n1. The Bertz CT molecular complexity index is 870. The summed E-state index contributed by atoms with van der Waals surface area (Å²) in [7, 11) is 0. The van der Waals surface area contributed by atoms with E-state index in [1.165, 1.54) is 0 Å². The molecule has 3 heterocycles. The number of Topliss-reactive ketones (excluding diaryl/α,β-unsaturated/α-hetero) is 1. The van der Waals surface area contributed by atoms with Gasteiger partial charge in [-0.15, -0.1) is 0 Å². The molecular weight excluding hydrogens is 368 g/mol. The van der Waals surface area contributed by atoms with E-state index in [1.54, 1.807) is 6.20 Å². The average Bonchev–Trinajstić information content (AvgIpc) is 2.74. The van der Waals surface area contributed by atoms with Crippen LogP contribution in [0.1, 0.15) is 31.5 Å². The molecule has 1 saturated carbocycles. The lowest BCUT2D eigenvalue weighted by molar-refractivity contribution is -0.137. The van der Waals surface area contributed by atoms with Crippen LogP contribution in [-0.4, -0.2) is 57.7 Å². The molecular formula is C21H26N6O2. The Labute approximate surface area is 170 Å². The number of nitrogens with one attached hydrogen (secondary N) is 1. The second kappa shape index (κ2) is 8.55. The third-order valence-corrected chi connectivity index (χ3v) is 5.55. The van der Waals surface area contributed by atoms with Crippen LogP contribution in [0.4, 0.5) is 17.5 Å². The molecule has 2 fully saturated rings. The van der Waals surface area contributed by atoms with Crippen LogP contribution in [0.3, 0.4) is 0 Å². The molecule has 1 saturated heterocycles. The van der Waals surface area contributed by atoms with Gasteiger partial charge >= 0.3 is 0 Å². The lowest BCUT2D eigenvalue weighted by Crippen LogP contribution is -2.51. The second-order valence-electron chi connectivity index (χ2n) is 7.62. The largest absolute Gasteiger partial charge is 0.353 e. The molecule has 0 unspecified atom stereocenters. The highest BCUT2D eigenvalue weighted by atomic mass is 16.2. The van der Waals surface area contributed by atoms with Crippen LogP contribution in [0.2, 0.25) is 0 Å². The van der Waals surface area contributed by atoms with Gasteiger partial charge in [0.15, 0.2) is 0 Å². The van der Waals surface area contributed by atoms with Crippen molar-refractivity contribution in [3.63, 3.8) is 0 Å². The van der Waals surface area contributed by atoms with Crippen molar-refractivity contribution in [1.29, 1.82) is 0 Å². The minimum absolute atomic E-state index is 0.00900. The summed E-state index contributed by atoms with van der Waals surface area (Å²) in [5, 5.41) is 3.22. The first kappa shape index (κ1) is 19.3. The van der Waals surface area contributed by atoms with Gasteiger partial charge in [-0.1, -0.05) is 6.07 Å². The number of rotatable bonds is 4. The number of aromatic nitrogens is 3. The zero-order valence-corrected chi connectivity index (χ0v) is 16.7. The maximum Gasteiger partial charge on any atom is 0.225 e. The first-order chi connectivity index (χ1) is 14.1. The molecule has 4 rings (SSSR count). The number of carbonyl (C=O) groups excluding carboxylic acids is 2. The lowest BCUT2D eigenvalue weighted by atomic mass is 9.87. The molecule has 0 radical (unpaired) electrons. The van der Waals surface area contributed by atoms with E-state index in [1.807, 2.05) is 36.1 Å². The van der Waals surface area contributed by atoms with Crippen molar-refractivity contribution >= 4 is 29.1 Å². The first-order valence-electron chi connectivity index (χ1n) is 10.2. The fourth-order valence-electron chi connectivity index (χ4n) is 3.95. The van der Waals surface area contributed by atoms with Gasteiger partial charge in [-0.25, -0.2) is 15.0 Å². The standard InChI is InChI=1S/C21H26N6O2/c1-15-23-19(25-18-4-2-3-9-22-18)14-20(24-15)26-10-12-27(13-11-26)21(29)16-5-7-17(28)8-6-16/h2-4,9,14,16H,5-8,10-13H2,1H3,(H,22,23,24,25). The molecule has 1 amide bonds. The van der Waals surface area contributed by atoms with E-state index in [4.69, 9.17) is 0 Å². The highest BCUT2D eigenvalue weighted by Crippen LogP contribution is 2.25. The summed E-state index contributed by atoms with van der Waals surface area (Å²) in [5.74, 6) is 3.48. The van der Waals surface area contributed by atoms with Crippen molar-refractivity contribution in [3.05, 3.63) is 36.3 Å². The fourth-order valence-corrected chi connectivity index (χ4v) is 3.95. The van der Waals surface area contributed by atoms with Crippen LogP contribution in [0.5, 0.6) is 0 Å². The summed E-state index contributed by atoms with van der Waals surface area (Å²) in [6.07, 6.45) is 4.22. The van der Waals surface area contributed by atoms with E-state index < -0.39 is 0 Å². The van der Waals surface area contributed by atoms with Crippen molar-refractivity contribution < 1.29 is 9.59 Å². The van der Waals surface area contributed by atoms with Crippen molar-refractivity contribution in [2.45, 2.75) is 32.6 Å². The maximum atomic E-state index is 12.8. The summed E-state index contributed by atoms with van der Waals surface area (Å²) in [6, 6.07) is 7.60. The highest BCUT2D eigenvalue weighted by Gasteiger charge is 2.30. The smallest absolute Gasteiger partial charge is 0.225 e. The zero-order chi connectivity index (χ0) is 20.2. The van der Waals surface area contributed by atoms with Crippen molar-refractivity contribution in [1.82, 2.24) is 19.9 Å². The van der Waals surface area contributed by atoms with E-state index in [-0.39, 0.29) is 17.6 Å². The Morgan fingerprint density at radius 3 is 2.52 bits per heavy atom. The molecule has 0 bridgehead atoms. The zero-order valence-electron chi connectivity index (χ0n) is 16.7. The molecule has 0 atom stereocenters. The Balaban J connectivity index is 1.38. The lowest BCUT2D eigenvalue weighted by Gasteiger charge is -2.37. The van der Waals surface area contributed by atoms with Crippen molar-refractivity contribution in [3.8, 4) is 0 Å². The van der Waals surface area contributed by atoms with E-state index in [0.29, 0.717) is 50.4 Å². The van der Waals surface area contributed by atoms with Crippen LogP contribution in [0.25, 0.3) is 0 Å². The van der Waals surface area contributed by atoms with Crippen LogP contribution < -0.4 is 10.2 Å². The monoisotopic (exact) mass is 394 g/mol. The molecule has 8 nitrogen and oxygen atoms in total. The third kappa shape index (κ3) is 4.70. The average molecular weight is 394 g/mol. The predicted octanol–water partition coefficient (Wildman–Crippen LogP) is 2.33. The Hall–Kier alpha value is -3.03. The molecule has 8 heteroatoms. The van der Waals surface area contributed by atoms with E-state index >= 15 is 0 Å². The number of hydrogen-bond acceptors (Lipinski definition) is 7. The van der Waals surface area contributed by atoms with Gasteiger partial charge in [-0.05, 0) is 31.9 Å². The van der Waals surface area contributed by atoms with Crippen LogP contribution in [-0.2, 0) is 9.59 Å². The summed E-state index contributed by atoms with van der Waals surface area (Å²) >= 11 is 0. The highest BCUT2D eigenvalue weighted by molar-refractivity contribution is 5.84. The quantitative estimate of drug-likeness (QED) is 0.851. The molecule has 152 valence electrons. The molecule has 29 heavy (non-hydrogen) atoms. The Kier molecular flexibility index (Phi) is 5.69. The van der Waals surface area contributed by atoms with Gasteiger partial charge in [-0.3, -0.25) is 9.59 Å². The summed E-state index contributed by atoms with van der Waals surface area (Å²) < 4.78 is 0. The topological polar surface area (TPSA) is 91.3 Å². The summed E-state index contributed by atoms with van der Waals surface area (Å²) in [4.78, 5) is 41.6. The third-order valence-electron chi connectivity index (χ3n) is 5.55. The molecule has 2 aromatic heterocycles. The van der Waals surface area contributed by atoms with Gasteiger partial charge in [-0.2, -0.15) is 0 Å². The number of aryl methyl sites for hydroxylation is 1. The van der Waals surface area contributed by atoms with Gasteiger partial charge in [0, 0.05) is 57.2 Å². The number of carbonyl (C=O) groups is 2. The number of ketones is 1. The number of anilines is 3. The van der Waals surface area contributed by atoms with Crippen molar-refractivity contribution in [2.75, 3.05) is 36.4 Å². The van der Waals surface area contributed by atoms with Crippen molar-refractivity contribution in [2.24, 2.45) is 5.92 Å². The van der Waals surface area contributed by atoms with Crippen LogP contribution in [0.15, 0.2) is 30.5 Å². The normalized spacial score (nSPS) is 18.0. The molecule has 2 aliphatic rings. The molecule has 0 aromatic carbocycles. The Morgan fingerprint density at radius 2 is 1.83 bits per heavy atom. The van der Waals surface area contributed by atoms with E-state index in [2.05, 4.69) is 25.2 Å². The van der Waals surface area contributed by atoms with Crippen LogP contribution in [0, 0.1) is 12.8 Å². The number of amides is 1. The number of pyridine rings is 1. The predicted molar refractivity (Wildman–Crippen MR) is 110 cm³/mol. The summed E-state index contributed by atoms with van der Waals surface area (Å²) in [5.41, 5.74) is 0. The van der Waals surface area contributed by atoms with Gasteiger partial charge in [0.05, 0.1) is 0 Å². The van der Waals surface area contributed by atoms with Crippen LogP contribution >= 0.6 is 0 Å². The summed E-state index contributed by atoms with van der Waals surface area (Å²) in [6.45, 7) is 4.69. The van der Waals surface area contributed by atoms with E-state index in [0.717, 1.165) is 24.7 Å². The minimum Gasteiger partial charge on any atom is -0.353 e.